The molecular weight excluding hydrogens is 176 g/mol. The van der Waals surface area contributed by atoms with Gasteiger partial charge in [-0.15, -0.1) is 0 Å². The van der Waals surface area contributed by atoms with Crippen molar-refractivity contribution < 1.29 is 4.79 Å². The molecule has 3 nitrogen and oxygen atoms in total. The van der Waals surface area contributed by atoms with Crippen LogP contribution < -0.4 is 0 Å². The maximum atomic E-state index is 11.4. The van der Waals surface area contributed by atoms with Crippen LogP contribution in [0.2, 0.25) is 0 Å². The van der Waals surface area contributed by atoms with E-state index in [0.717, 1.165) is 6.54 Å². The molecule has 0 spiro atoms. The lowest BCUT2D eigenvalue weighted by Gasteiger charge is -2.39. The van der Waals surface area contributed by atoms with Gasteiger partial charge in [-0.05, 0) is 13.0 Å². The van der Waals surface area contributed by atoms with Crippen LogP contribution in [0.25, 0.3) is 0 Å². The largest absolute Gasteiger partial charge is 0.340 e. The Kier molecular flexibility index (Phi) is 5.77. The highest BCUT2D eigenvalue weighted by Gasteiger charge is 2.29. The third-order valence-electron chi connectivity index (χ3n) is 2.56. The quantitative estimate of drug-likeness (QED) is 0.639. The highest BCUT2D eigenvalue weighted by molar-refractivity contribution is 5.79. The molecule has 1 aliphatic heterocycles. The molecule has 0 aromatic carbocycles. The molecule has 1 heterocycles. The molecule has 1 unspecified atom stereocenters. The summed E-state index contributed by atoms with van der Waals surface area (Å²) in [7, 11) is 3.90. The zero-order valence-corrected chi connectivity index (χ0v) is 10.4. The predicted molar refractivity (Wildman–Crippen MR) is 60.2 cm³/mol. The number of hydrogen-bond donors (Lipinski definition) is 0. The number of nitrogens with zero attached hydrogens (tertiary/aromatic N) is 2. The molecule has 14 heavy (non-hydrogen) atoms. The van der Waals surface area contributed by atoms with Crippen molar-refractivity contribution in [1.82, 2.24) is 9.80 Å². The summed E-state index contributed by atoms with van der Waals surface area (Å²) in [6, 6.07) is 0.385. The second-order valence-electron chi connectivity index (χ2n) is 4.01. The van der Waals surface area contributed by atoms with E-state index in [4.69, 9.17) is 0 Å². The van der Waals surface area contributed by atoms with Crippen LogP contribution in [0.3, 0.4) is 0 Å². The van der Waals surface area contributed by atoms with E-state index in [9.17, 15) is 4.79 Å². The Morgan fingerprint density at radius 2 is 1.79 bits per heavy atom. The van der Waals surface area contributed by atoms with E-state index in [2.05, 4.69) is 18.7 Å². The van der Waals surface area contributed by atoms with Crippen LogP contribution in [0.4, 0.5) is 0 Å². The molecular formula is C11H24N2O. The molecule has 1 fully saturated rings. The third-order valence-corrected chi connectivity index (χ3v) is 2.56. The first-order chi connectivity index (χ1) is 6.52. The fraction of sp³-hybridized carbons (Fsp3) is 0.909. The van der Waals surface area contributed by atoms with Gasteiger partial charge in [0.1, 0.15) is 0 Å². The average Bonchev–Trinajstić information content (AvgIpc) is 2.14. The molecule has 3 heteroatoms. The molecule has 0 aliphatic carbocycles. The number of amides is 1. The Bertz CT molecular complexity index is 180. The minimum absolute atomic E-state index is 0.238. The highest BCUT2D eigenvalue weighted by atomic mass is 16.2. The van der Waals surface area contributed by atoms with E-state index in [-0.39, 0.29) is 5.91 Å². The minimum atomic E-state index is 0.238. The summed E-state index contributed by atoms with van der Waals surface area (Å²) in [4.78, 5) is 15.4. The van der Waals surface area contributed by atoms with Crippen molar-refractivity contribution in [2.75, 3.05) is 27.2 Å². The molecule has 1 atom stereocenters. The monoisotopic (exact) mass is 200 g/mol. The van der Waals surface area contributed by atoms with Gasteiger partial charge < -0.3 is 4.90 Å². The standard InChI is InChI=1S/C9H18N2O.C2H6/c1-7(2)8-5-10(3)6-9(12)11(8)4;1-2/h7-8H,5-6H2,1-4H3;1-2H3. The Balaban J connectivity index is 0.000000791. The van der Waals surface area contributed by atoms with Crippen LogP contribution in [0.15, 0.2) is 0 Å². The molecule has 1 aliphatic rings. The maximum absolute atomic E-state index is 11.4. The zero-order valence-electron chi connectivity index (χ0n) is 10.4. The number of carbonyl (C=O) groups excluding carboxylic acids is 1. The SMILES string of the molecule is CC.CC(C)C1CN(C)CC(=O)N1C. The van der Waals surface area contributed by atoms with E-state index in [1.165, 1.54) is 0 Å². The second kappa shape index (κ2) is 6.02. The number of hydrogen-bond acceptors (Lipinski definition) is 2. The normalized spacial score (nSPS) is 23.5. The van der Waals surface area contributed by atoms with E-state index in [0.29, 0.717) is 18.5 Å². The first-order valence-electron chi connectivity index (χ1n) is 5.46. The van der Waals surface area contributed by atoms with Crippen LogP contribution >= 0.6 is 0 Å². The fourth-order valence-electron chi connectivity index (χ4n) is 1.69. The smallest absolute Gasteiger partial charge is 0.236 e. The van der Waals surface area contributed by atoms with Gasteiger partial charge in [-0.3, -0.25) is 9.69 Å². The van der Waals surface area contributed by atoms with Crippen LogP contribution in [0.1, 0.15) is 27.7 Å². The molecule has 0 bridgehead atoms. The van der Waals surface area contributed by atoms with Crippen molar-refractivity contribution in [3.05, 3.63) is 0 Å². The van der Waals surface area contributed by atoms with Gasteiger partial charge >= 0.3 is 0 Å². The van der Waals surface area contributed by atoms with Crippen LogP contribution in [0.5, 0.6) is 0 Å². The summed E-state index contributed by atoms with van der Waals surface area (Å²) in [5, 5.41) is 0. The van der Waals surface area contributed by atoms with Crippen molar-refractivity contribution in [2.24, 2.45) is 5.92 Å². The lowest BCUT2D eigenvalue weighted by atomic mass is 10.0. The molecule has 0 aromatic rings. The highest BCUT2D eigenvalue weighted by Crippen LogP contribution is 2.14. The molecule has 1 saturated heterocycles. The third kappa shape index (κ3) is 3.29. The molecule has 84 valence electrons. The summed E-state index contributed by atoms with van der Waals surface area (Å²) in [5.41, 5.74) is 0. The van der Waals surface area contributed by atoms with E-state index in [1.807, 2.05) is 32.8 Å². The first-order valence-corrected chi connectivity index (χ1v) is 5.46. The van der Waals surface area contributed by atoms with Crippen molar-refractivity contribution in [3.63, 3.8) is 0 Å². The summed E-state index contributed by atoms with van der Waals surface area (Å²) in [6.45, 7) is 9.89. The van der Waals surface area contributed by atoms with Gasteiger partial charge in [0.05, 0.1) is 6.54 Å². The lowest BCUT2D eigenvalue weighted by molar-refractivity contribution is -0.138. The second-order valence-corrected chi connectivity index (χ2v) is 4.01. The Morgan fingerprint density at radius 1 is 1.29 bits per heavy atom. The van der Waals surface area contributed by atoms with Gasteiger partial charge in [0.15, 0.2) is 0 Å². The molecule has 1 amide bonds. The molecule has 0 aromatic heterocycles. The summed E-state index contributed by atoms with van der Waals surface area (Å²) in [5.74, 6) is 0.782. The van der Waals surface area contributed by atoms with Crippen molar-refractivity contribution in [1.29, 1.82) is 0 Å². The van der Waals surface area contributed by atoms with Gasteiger partial charge in [0.2, 0.25) is 5.91 Å². The minimum Gasteiger partial charge on any atom is -0.340 e. The summed E-state index contributed by atoms with van der Waals surface area (Å²) >= 11 is 0. The van der Waals surface area contributed by atoms with Crippen molar-refractivity contribution in [2.45, 2.75) is 33.7 Å². The molecule has 0 radical (unpaired) electrons. The van der Waals surface area contributed by atoms with Gasteiger partial charge in [0.25, 0.3) is 0 Å². The van der Waals surface area contributed by atoms with Gasteiger partial charge in [0, 0.05) is 19.6 Å². The van der Waals surface area contributed by atoms with Gasteiger partial charge in [-0.25, -0.2) is 0 Å². The number of rotatable bonds is 1. The number of carbonyl (C=O) groups is 1. The zero-order chi connectivity index (χ0) is 11.3. The molecule has 0 saturated carbocycles. The summed E-state index contributed by atoms with van der Waals surface area (Å²) in [6.07, 6.45) is 0. The molecule has 0 N–H and O–H groups in total. The van der Waals surface area contributed by atoms with Crippen molar-refractivity contribution >= 4 is 5.91 Å². The van der Waals surface area contributed by atoms with Gasteiger partial charge in [-0.1, -0.05) is 27.7 Å². The molecule has 1 rings (SSSR count). The number of piperazine rings is 1. The summed E-state index contributed by atoms with van der Waals surface area (Å²) < 4.78 is 0. The average molecular weight is 200 g/mol. The Hall–Kier alpha value is -0.570. The van der Waals surface area contributed by atoms with E-state index >= 15 is 0 Å². The maximum Gasteiger partial charge on any atom is 0.236 e. The van der Waals surface area contributed by atoms with Gasteiger partial charge in [-0.2, -0.15) is 0 Å². The predicted octanol–water partition coefficient (Wildman–Crippen LogP) is 1.44. The van der Waals surface area contributed by atoms with Crippen molar-refractivity contribution in [3.8, 4) is 0 Å². The van der Waals surface area contributed by atoms with E-state index < -0.39 is 0 Å². The fourth-order valence-corrected chi connectivity index (χ4v) is 1.69. The Labute approximate surface area is 88.1 Å². The van der Waals surface area contributed by atoms with Crippen LogP contribution in [-0.4, -0.2) is 48.9 Å². The first kappa shape index (κ1) is 13.4. The lowest BCUT2D eigenvalue weighted by Crippen LogP contribution is -2.55. The number of likely N-dealkylation sites (N-methyl/N-ethyl adjacent to an activating group) is 2. The van der Waals surface area contributed by atoms with Crippen LogP contribution in [-0.2, 0) is 4.79 Å². The topological polar surface area (TPSA) is 23.6 Å². The van der Waals surface area contributed by atoms with Crippen LogP contribution in [0, 0.1) is 5.92 Å². The van der Waals surface area contributed by atoms with E-state index in [1.54, 1.807) is 0 Å². The Morgan fingerprint density at radius 3 is 2.21 bits per heavy atom.